The average Bonchev–Trinajstić information content (AvgIpc) is 2.70. The van der Waals surface area contributed by atoms with Crippen LogP contribution >= 0.6 is 0 Å². The molecular formula is C15H23N3. The summed E-state index contributed by atoms with van der Waals surface area (Å²) in [6.45, 7) is 7.09. The zero-order valence-electron chi connectivity index (χ0n) is 11.2. The number of aryl methyl sites for hydroxylation is 1. The number of nitrogens with two attached hydrogens (primary N) is 1. The lowest BCUT2D eigenvalue weighted by atomic mass is 10.1. The van der Waals surface area contributed by atoms with Crippen molar-refractivity contribution in [3.8, 4) is 0 Å². The Morgan fingerprint density at radius 3 is 2.89 bits per heavy atom. The van der Waals surface area contributed by atoms with Crippen molar-refractivity contribution in [1.82, 2.24) is 4.90 Å². The van der Waals surface area contributed by atoms with Crippen LogP contribution < -0.4 is 10.6 Å². The summed E-state index contributed by atoms with van der Waals surface area (Å²) < 4.78 is 0. The lowest BCUT2D eigenvalue weighted by molar-refractivity contribution is 0.273. The number of benzene rings is 1. The van der Waals surface area contributed by atoms with Gasteiger partial charge in [0.25, 0.3) is 0 Å². The van der Waals surface area contributed by atoms with Gasteiger partial charge in [0.05, 0.1) is 0 Å². The second kappa shape index (κ2) is 4.81. The first-order chi connectivity index (χ1) is 8.74. The third-order valence-electron chi connectivity index (χ3n) is 4.38. The largest absolute Gasteiger partial charge is 0.399 e. The molecule has 0 radical (unpaired) electrons. The fourth-order valence-corrected chi connectivity index (χ4v) is 3.39. The second-order valence-electron chi connectivity index (χ2n) is 5.68. The molecule has 0 bridgehead atoms. The smallest absolute Gasteiger partial charge is 0.0417 e. The molecule has 0 spiro atoms. The highest BCUT2D eigenvalue weighted by Gasteiger charge is 2.29. The third kappa shape index (κ3) is 2.19. The minimum absolute atomic E-state index is 0.758. The number of nitrogens with zero attached hydrogens (tertiary/aromatic N) is 2. The topological polar surface area (TPSA) is 32.5 Å². The third-order valence-corrected chi connectivity index (χ3v) is 4.38. The van der Waals surface area contributed by atoms with Gasteiger partial charge in [-0.1, -0.05) is 6.07 Å². The Bertz CT molecular complexity index is 430. The van der Waals surface area contributed by atoms with Crippen molar-refractivity contribution in [2.45, 2.75) is 32.2 Å². The molecule has 0 aliphatic carbocycles. The molecule has 1 unspecified atom stereocenters. The summed E-state index contributed by atoms with van der Waals surface area (Å²) in [6, 6.07) is 7.04. The van der Waals surface area contributed by atoms with E-state index < -0.39 is 0 Å². The quantitative estimate of drug-likeness (QED) is 0.770. The van der Waals surface area contributed by atoms with Crippen molar-refractivity contribution in [1.29, 1.82) is 0 Å². The molecule has 0 aromatic heterocycles. The highest BCUT2D eigenvalue weighted by atomic mass is 15.3. The van der Waals surface area contributed by atoms with E-state index in [9.17, 15) is 0 Å². The molecule has 1 aromatic rings. The van der Waals surface area contributed by atoms with Crippen LogP contribution in [0.15, 0.2) is 18.2 Å². The molecule has 3 heteroatoms. The van der Waals surface area contributed by atoms with Gasteiger partial charge in [-0.15, -0.1) is 0 Å². The van der Waals surface area contributed by atoms with Gasteiger partial charge in [-0.25, -0.2) is 0 Å². The van der Waals surface area contributed by atoms with Crippen molar-refractivity contribution >= 4 is 11.4 Å². The van der Waals surface area contributed by atoms with Crippen molar-refractivity contribution in [2.75, 3.05) is 36.8 Å². The molecule has 1 aromatic carbocycles. The number of nitrogen functional groups attached to an aromatic ring is 1. The molecular weight excluding hydrogens is 222 g/mol. The number of rotatable bonds is 1. The monoisotopic (exact) mass is 245 g/mol. The first-order valence-electron chi connectivity index (χ1n) is 7.09. The predicted octanol–water partition coefficient (Wildman–Crippen LogP) is 2.25. The molecule has 2 aliphatic rings. The summed E-state index contributed by atoms with van der Waals surface area (Å²) in [7, 11) is 0. The molecule has 3 nitrogen and oxygen atoms in total. The van der Waals surface area contributed by atoms with E-state index in [0.717, 1.165) is 18.3 Å². The maximum Gasteiger partial charge on any atom is 0.0417 e. The Balaban J connectivity index is 1.84. The fourth-order valence-electron chi connectivity index (χ4n) is 3.39. The standard InChI is InChI=1S/C15H23N3/c1-12-5-6-13(16)10-15(12)18-9-3-8-17-7-2-4-14(17)11-18/h5-6,10,14H,2-4,7-9,11,16H2,1H3. The molecule has 2 N–H and O–H groups in total. The summed E-state index contributed by atoms with van der Waals surface area (Å²) in [5.74, 6) is 0. The van der Waals surface area contributed by atoms with Crippen LogP contribution in [0.3, 0.4) is 0 Å². The summed E-state index contributed by atoms with van der Waals surface area (Å²) in [4.78, 5) is 5.21. The van der Waals surface area contributed by atoms with Gasteiger partial charge in [-0.3, -0.25) is 4.90 Å². The maximum absolute atomic E-state index is 5.94. The zero-order chi connectivity index (χ0) is 12.5. The zero-order valence-corrected chi connectivity index (χ0v) is 11.2. The van der Waals surface area contributed by atoms with E-state index in [1.165, 1.54) is 50.1 Å². The molecule has 18 heavy (non-hydrogen) atoms. The minimum atomic E-state index is 0.758. The Labute approximate surface area is 110 Å². The van der Waals surface area contributed by atoms with Crippen LogP contribution in [0.25, 0.3) is 0 Å². The van der Waals surface area contributed by atoms with E-state index in [2.05, 4.69) is 28.9 Å². The number of fused-ring (bicyclic) bond motifs is 1. The highest BCUT2D eigenvalue weighted by Crippen LogP contribution is 2.28. The summed E-state index contributed by atoms with van der Waals surface area (Å²) in [5, 5.41) is 0. The SMILES string of the molecule is Cc1ccc(N)cc1N1CCCN2CCCC2C1. The Morgan fingerprint density at radius 2 is 2.00 bits per heavy atom. The molecule has 2 saturated heterocycles. The van der Waals surface area contributed by atoms with Gasteiger partial charge >= 0.3 is 0 Å². The fraction of sp³-hybridized carbons (Fsp3) is 0.600. The first kappa shape index (κ1) is 11.8. The molecule has 2 heterocycles. The molecule has 1 atom stereocenters. The Morgan fingerprint density at radius 1 is 1.17 bits per heavy atom. The summed E-state index contributed by atoms with van der Waals surface area (Å²) in [5.41, 5.74) is 9.50. The maximum atomic E-state index is 5.94. The van der Waals surface area contributed by atoms with E-state index in [1.54, 1.807) is 0 Å². The molecule has 2 aliphatic heterocycles. The predicted molar refractivity (Wildman–Crippen MR) is 77.0 cm³/mol. The van der Waals surface area contributed by atoms with Crippen LogP contribution in [0.2, 0.25) is 0 Å². The molecule has 3 rings (SSSR count). The van der Waals surface area contributed by atoms with E-state index >= 15 is 0 Å². The normalized spacial score (nSPS) is 24.9. The lowest BCUT2D eigenvalue weighted by Gasteiger charge is -2.28. The lowest BCUT2D eigenvalue weighted by Crippen LogP contribution is -2.36. The molecule has 0 amide bonds. The minimum Gasteiger partial charge on any atom is -0.399 e. The molecule has 2 fully saturated rings. The van der Waals surface area contributed by atoms with Gasteiger partial charge in [0.2, 0.25) is 0 Å². The van der Waals surface area contributed by atoms with Crippen LogP contribution in [0.1, 0.15) is 24.8 Å². The Hall–Kier alpha value is -1.22. The van der Waals surface area contributed by atoms with Crippen molar-refractivity contribution in [3.05, 3.63) is 23.8 Å². The van der Waals surface area contributed by atoms with Crippen molar-refractivity contribution in [2.24, 2.45) is 0 Å². The van der Waals surface area contributed by atoms with Gasteiger partial charge < -0.3 is 10.6 Å². The summed E-state index contributed by atoms with van der Waals surface area (Å²) >= 11 is 0. The first-order valence-corrected chi connectivity index (χ1v) is 7.09. The van der Waals surface area contributed by atoms with Crippen LogP contribution in [0.5, 0.6) is 0 Å². The van der Waals surface area contributed by atoms with E-state index in [-0.39, 0.29) is 0 Å². The number of hydrogen-bond donors (Lipinski definition) is 1. The van der Waals surface area contributed by atoms with E-state index in [1.807, 2.05) is 6.07 Å². The van der Waals surface area contributed by atoms with Gasteiger partial charge in [0, 0.05) is 37.1 Å². The highest BCUT2D eigenvalue weighted by molar-refractivity contribution is 5.61. The Kier molecular flexibility index (Phi) is 3.16. The van der Waals surface area contributed by atoms with Crippen molar-refractivity contribution in [3.63, 3.8) is 0 Å². The van der Waals surface area contributed by atoms with E-state index in [4.69, 9.17) is 5.73 Å². The number of hydrogen-bond acceptors (Lipinski definition) is 3. The van der Waals surface area contributed by atoms with Gasteiger partial charge in [0.15, 0.2) is 0 Å². The van der Waals surface area contributed by atoms with Gasteiger partial charge in [-0.2, -0.15) is 0 Å². The van der Waals surface area contributed by atoms with Crippen molar-refractivity contribution < 1.29 is 0 Å². The summed E-state index contributed by atoms with van der Waals surface area (Å²) in [6.07, 6.45) is 4.00. The number of anilines is 2. The van der Waals surface area contributed by atoms with Gasteiger partial charge in [0.1, 0.15) is 0 Å². The van der Waals surface area contributed by atoms with Gasteiger partial charge in [-0.05, 0) is 50.4 Å². The second-order valence-corrected chi connectivity index (χ2v) is 5.68. The van der Waals surface area contributed by atoms with Crippen LogP contribution in [-0.2, 0) is 0 Å². The van der Waals surface area contributed by atoms with Crippen LogP contribution in [0.4, 0.5) is 11.4 Å². The van der Waals surface area contributed by atoms with E-state index in [0.29, 0.717) is 0 Å². The van der Waals surface area contributed by atoms with Crippen LogP contribution in [-0.4, -0.2) is 37.1 Å². The molecule has 98 valence electrons. The average molecular weight is 245 g/mol. The molecule has 0 saturated carbocycles. The van der Waals surface area contributed by atoms with Crippen LogP contribution in [0, 0.1) is 6.92 Å².